The van der Waals surface area contributed by atoms with E-state index < -0.39 is 0 Å². The van der Waals surface area contributed by atoms with E-state index in [4.69, 9.17) is 16.9 Å². The van der Waals surface area contributed by atoms with E-state index in [0.29, 0.717) is 16.6 Å². The lowest BCUT2D eigenvalue weighted by Gasteiger charge is -2.39. The van der Waals surface area contributed by atoms with Crippen molar-refractivity contribution in [3.8, 4) is 6.07 Å². The zero-order valence-electron chi connectivity index (χ0n) is 10.2. The van der Waals surface area contributed by atoms with Gasteiger partial charge in [-0.2, -0.15) is 5.26 Å². The first-order chi connectivity index (χ1) is 8.10. The molecule has 2 rings (SSSR count). The fourth-order valence-electron chi connectivity index (χ4n) is 2.25. The molecule has 0 atom stereocenters. The fourth-order valence-corrected chi connectivity index (χ4v) is 2.48. The van der Waals surface area contributed by atoms with Crippen LogP contribution in [0, 0.1) is 23.2 Å². The van der Waals surface area contributed by atoms with Crippen LogP contribution in [0.4, 0.5) is 5.69 Å². The summed E-state index contributed by atoms with van der Waals surface area (Å²) in [7, 11) is 0. The Labute approximate surface area is 108 Å². The number of nitrogens with one attached hydrogen (secondary N) is 1. The maximum atomic E-state index is 8.76. The highest BCUT2D eigenvalue weighted by Gasteiger charge is 2.31. The fraction of sp³-hybridized carbons (Fsp3) is 0.500. The summed E-state index contributed by atoms with van der Waals surface area (Å²) in [6, 6.07) is 8.02. The number of halogens is 1. The molecule has 0 aliphatic heterocycles. The minimum Gasteiger partial charge on any atom is -0.381 e. The first-order valence-electron chi connectivity index (χ1n) is 6.06. The maximum Gasteiger partial charge on any atom is 0.0992 e. The van der Waals surface area contributed by atoms with Gasteiger partial charge in [-0.25, -0.2) is 0 Å². The van der Waals surface area contributed by atoms with Crippen LogP contribution in [0.5, 0.6) is 0 Å². The number of benzene rings is 1. The Hall–Kier alpha value is -1.20. The first kappa shape index (κ1) is 12.3. The second-order valence-corrected chi connectivity index (χ2v) is 5.53. The van der Waals surface area contributed by atoms with Crippen LogP contribution in [0.15, 0.2) is 18.2 Å². The number of hydrogen-bond donors (Lipinski definition) is 1. The van der Waals surface area contributed by atoms with E-state index in [0.717, 1.165) is 17.5 Å². The van der Waals surface area contributed by atoms with Gasteiger partial charge < -0.3 is 5.32 Å². The largest absolute Gasteiger partial charge is 0.381 e. The molecule has 1 aliphatic rings. The molecule has 1 N–H and O–H groups in total. The van der Waals surface area contributed by atoms with Crippen LogP contribution in [0.1, 0.15) is 32.3 Å². The van der Waals surface area contributed by atoms with Gasteiger partial charge in [0.05, 0.1) is 22.3 Å². The highest BCUT2D eigenvalue weighted by Crippen LogP contribution is 2.36. The molecule has 0 saturated heterocycles. The van der Waals surface area contributed by atoms with Crippen molar-refractivity contribution in [1.82, 2.24) is 0 Å². The van der Waals surface area contributed by atoms with Crippen LogP contribution in [-0.4, -0.2) is 6.04 Å². The molecule has 0 unspecified atom stereocenters. The summed E-state index contributed by atoms with van der Waals surface area (Å²) in [5.74, 6) is 1.61. The van der Waals surface area contributed by atoms with Crippen LogP contribution in [-0.2, 0) is 0 Å². The molecular weight excluding hydrogens is 232 g/mol. The first-order valence-corrected chi connectivity index (χ1v) is 6.44. The highest BCUT2D eigenvalue weighted by molar-refractivity contribution is 6.33. The number of nitrogens with zero attached hydrogens (tertiary/aromatic N) is 1. The van der Waals surface area contributed by atoms with Gasteiger partial charge in [-0.1, -0.05) is 25.4 Å². The van der Waals surface area contributed by atoms with Crippen LogP contribution in [0.3, 0.4) is 0 Å². The van der Waals surface area contributed by atoms with Crippen molar-refractivity contribution < 1.29 is 0 Å². The van der Waals surface area contributed by atoms with Crippen molar-refractivity contribution in [3.63, 3.8) is 0 Å². The van der Waals surface area contributed by atoms with Gasteiger partial charge in [0.15, 0.2) is 0 Å². The van der Waals surface area contributed by atoms with Gasteiger partial charge >= 0.3 is 0 Å². The normalized spacial score (nSPS) is 23.0. The second kappa shape index (κ2) is 4.98. The van der Waals surface area contributed by atoms with Crippen LogP contribution in [0.25, 0.3) is 0 Å². The van der Waals surface area contributed by atoms with Crippen molar-refractivity contribution in [2.24, 2.45) is 11.8 Å². The molecule has 1 aromatic carbocycles. The Morgan fingerprint density at radius 3 is 2.65 bits per heavy atom. The molecule has 1 saturated carbocycles. The average Bonchev–Trinajstić information content (AvgIpc) is 2.23. The molecular formula is C14H17ClN2. The van der Waals surface area contributed by atoms with Crippen LogP contribution in [0.2, 0.25) is 5.02 Å². The SMILES string of the molecule is CC(C)C1CC(Nc2ccc(C#N)cc2Cl)C1. The third-order valence-electron chi connectivity index (χ3n) is 3.58. The van der Waals surface area contributed by atoms with E-state index in [1.54, 1.807) is 12.1 Å². The van der Waals surface area contributed by atoms with E-state index in [2.05, 4.69) is 25.2 Å². The summed E-state index contributed by atoms with van der Waals surface area (Å²) < 4.78 is 0. The summed E-state index contributed by atoms with van der Waals surface area (Å²) in [4.78, 5) is 0. The van der Waals surface area contributed by atoms with Crippen molar-refractivity contribution in [3.05, 3.63) is 28.8 Å². The van der Waals surface area contributed by atoms with Gasteiger partial charge in [0.25, 0.3) is 0 Å². The Morgan fingerprint density at radius 1 is 1.41 bits per heavy atom. The molecule has 0 heterocycles. The Kier molecular flexibility index (Phi) is 3.59. The molecule has 1 aromatic rings. The van der Waals surface area contributed by atoms with Gasteiger partial charge in [-0.05, 0) is 42.9 Å². The van der Waals surface area contributed by atoms with E-state index in [9.17, 15) is 0 Å². The second-order valence-electron chi connectivity index (χ2n) is 5.12. The molecule has 1 aliphatic carbocycles. The van der Waals surface area contributed by atoms with Crippen molar-refractivity contribution in [1.29, 1.82) is 5.26 Å². The third-order valence-corrected chi connectivity index (χ3v) is 3.89. The quantitative estimate of drug-likeness (QED) is 0.876. The monoisotopic (exact) mass is 248 g/mol. The summed E-state index contributed by atoms with van der Waals surface area (Å²) in [6.45, 7) is 4.55. The van der Waals surface area contributed by atoms with Gasteiger partial charge in [0, 0.05) is 6.04 Å². The predicted octanol–water partition coefficient (Wildman–Crippen LogP) is 4.06. The molecule has 0 radical (unpaired) electrons. The topological polar surface area (TPSA) is 35.8 Å². The lowest BCUT2D eigenvalue weighted by molar-refractivity contribution is 0.212. The average molecular weight is 249 g/mol. The van der Waals surface area contributed by atoms with E-state index in [1.807, 2.05) is 6.07 Å². The molecule has 0 bridgehead atoms. The molecule has 0 amide bonds. The molecule has 17 heavy (non-hydrogen) atoms. The zero-order valence-corrected chi connectivity index (χ0v) is 11.0. The van der Waals surface area contributed by atoms with E-state index >= 15 is 0 Å². The minimum atomic E-state index is 0.535. The van der Waals surface area contributed by atoms with Crippen molar-refractivity contribution in [2.45, 2.75) is 32.7 Å². The number of hydrogen-bond acceptors (Lipinski definition) is 2. The Morgan fingerprint density at radius 2 is 2.12 bits per heavy atom. The minimum absolute atomic E-state index is 0.535. The molecule has 90 valence electrons. The smallest absolute Gasteiger partial charge is 0.0992 e. The van der Waals surface area contributed by atoms with Crippen molar-refractivity contribution in [2.75, 3.05) is 5.32 Å². The number of anilines is 1. The summed E-state index contributed by atoms with van der Waals surface area (Å²) in [6.07, 6.45) is 2.43. The van der Waals surface area contributed by atoms with Gasteiger partial charge in [0.1, 0.15) is 0 Å². The summed E-state index contributed by atoms with van der Waals surface area (Å²) in [5, 5.41) is 12.8. The zero-order chi connectivity index (χ0) is 12.4. The molecule has 2 nitrogen and oxygen atoms in total. The number of rotatable bonds is 3. The van der Waals surface area contributed by atoms with Gasteiger partial charge in [0.2, 0.25) is 0 Å². The van der Waals surface area contributed by atoms with Crippen molar-refractivity contribution >= 4 is 17.3 Å². The van der Waals surface area contributed by atoms with E-state index in [-0.39, 0.29) is 0 Å². The Balaban J connectivity index is 1.95. The lowest BCUT2D eigenvalue weighted by Crippen LogP contribution is -2.37. The molecule has 0 spiro atoms. The standard InChI is InChI=1S/C14H17ClN2/c1-9(2)11-6-12(7-11)17-14-4-3-10(8-16)5-13(14)15/h3-5,9,11-12,17H,6-7H2,1-2H3. The third kappa shape index (κ3) is 2.73. The summed E-state index contributed by atoms with van der Waals surface area (Å²) >= 11 is 6.12. The number of nitriles is 1. The van der Waals surface area contributed by atoms with E-state index in [1.165, 1.54) is 12.8 Å². The summed E-state index contributed by atoms with van der Waals surface area (Å²) in [5.41, 5.74) is 1.55. The van der Waals surface area contributed by atoms with Crippen LogP contribution < -0.4 is 5.32 Å². The van der Waals surface area contributed by atoms with Crippen LogP contribution >= 0.6 is 11.6 Å². The predicted molar refractivity (Wildman–Crippen MR) is 71.1 cm³/mol. The highest BCUT2D eigenvalue weighted by atomic mass is 35.5. The maximum absolute atomic E-state index is 8.76. The Bertz CT molecular complexity index is 442. The molecule has 3 heteroatoms. The van der Waals surface area contributed by atoms with Gasteiger partial charge in [-0.3, -0.25) is 0 Å². The lowest BCUT2D eigenvalue weighted by atomic mass is 9.73. The molecule has 0 aromatic heterocycles. The molecule has 1 fully saturated rings. The van der Waals surface area contributed by atoms with Gasteiger partial charge in [-0.15, -0.1) is 0 Å².